The number of hydrogen-bond acceptors (Lipinski definition) is 9. The van der Waals surface area contributed by atoms with Crippen molar-refractivity contribution < 1.29 is 23.8 Å². The second kappa shape index (κ2) is 12.5. The molecule has 212 valence electrons. The van der Waals surface area contributed by atoms with Gasteiger partial charge in [0.05, 0.1) is 27.0 Å². The quantitative estimate of drug-likeness (QED) is 0.309. The highest BCUT2D eigenvalue weighted by atomic mass is 16.5. The van der Waals surface area contributed by atoms with E-state index in [1.165, 1.54) is 21.3 Å². The van der Waals surface area contributed by atoms with Crippen molar-refractivity contribution >= 4 is 17.7 Å². The summed E-state index contributed by atoms with van der Waals surface area (Å²) in [7, 11) is 4.36. The number of anilines is 1. The minimum Gasteiger partial charge on any atom is -0.497 e. The van der Waals surface area contributed by atoms with Crippen molar-refractivity contribution in [3.63, 3.8) is 0 Å². The Morgan fingerprint density at radius 2 is 1.71 bits per heavy atom. The summed E-state index contributed by atoms with van der Waals surface area (Å²) in [5.41, 5.74) is 2.14. The number of nitrogens with one attached hydrogen (secondary N) is 1. The number of benzene rings is 2. The van der Waals surface area contributed by atoms with E-state index < -0.39 is 17.9 Å². The summed E-state index contributed by atoms with van der Waals surface area (Å²) in [4.78, 5) is 37.4. The number of nitrogens with zero attached hydrogens (tertiary/aromatic N) is 5. The molecule has 1 aliphatic heterocycles. The van der Waals surface area contributed by atoms with E-state index in [9.17, 15) is 9.59 Å². The van der Waals surface area contributed by atoms with Gasteiger partial charge >= 0.3 is 5.97 Å². The van der Waals surface area contributed by atoms with Gasteiger partial charge in [0.2, 0.25) is 0 Å². The molecule has 11 heteroatoms. The summed E-state index contributed by atoms with van der Waals surface area (Å²) < 4.78 is 17.4. The number of amides is 1. The van der Waals surface area contributed by atoms with E-state index in [1.807, 2.05) is 42.6 Å². The minimum absolute atomic E-state index is 0.109. The topological polar surface area (TPSA) is 121 Å². The van der Waals surface area contributed by atoms with Crippen LogP contribution < -0.4 is 19.7 Å². The van der Waals surface area contributed by atoms with E-state index in [2.05, 4.69) is 20.3 Å². The SMILES string of the molecule is COC(=O)C(NC(=O)c1cc(OC)cc(OC)c1)C1CCN(c2ccnc(-c3cccc(-n4cccn4)c3)n2)CC1. The van der Waals surface area contributed by atoms with E-state index in [0.29, 0.717) is 48.8 Å². The first-order valence-corrected chi connectivity index (χ1v) is 13.3. The molecule has 1 unspecified atom stereocenters. The average Bonchev–Trinajstić information content (AvgIpc) is 3.58. The number of esters is 1. The molecule has 0 aliphatic carbocycles. The van der Waals surface area contributed by atoms with E-state index >= 15 is 0 Å². The van der Waals surface area contributed by atoms with Crippen LogP contribution in [-0.4, -0.2) is 72.1 Å². The Kier molecular flexibility index (Phi) is 8.42. The van der Waals surface area contributed by atoms with Gasteiger partial charge in [0.25, 0.3) is 5.91 Å². The number of aromatic nitrogens is 4. The van der Waals surface area contributed by atoms with Gasteiger partial charge < -0.3 is 24.4 Å². The zero-order valence-electron chi connectivity index (χ0n) is 23.2. The molecular formula is C30H32N6O5. The number of ether oxygens (including phenoxy) is 3. The predicted molar refractivity (Wildman–Crippen MR) is 152 cm³/mol. The molecule has 1 saturated heterocycles. The number of piperidine rings is 1. The first-order chi connectivity index (χ1) is 20.0. The third-order valence-corrected chi connectivity index (χ3v) is 7.20. The summed E-state index contributed by atoms with van der Waals surface area (Å²) in [5, 5.41) is 7.18. The van der Waals surface area contributed by atoms with E-state index in [-0.39, 0.29) is 5.92 Å². The molecule has 0 saturated carbocycles. The van der Waals surface area contributed by atoms with Crippen LogP contribution in [0.15, 0.2) is 73.2 Å². The van der Waals surface area contributed by atoms with Crippen LogP contribution >= 0.6 is 0 Å². The monoisotopic (exact) mass is 556 g/mol. The van der Waals surface area contributed by atoms with Crippen LogP contribution in [0.4, 0.5) is 5.82 Å². The van der Waals surface area contributed by atoms with E-state index in [1.54, 1.807) is 35.3 Å². The molecule has 1 atom stereocenters. The zero-order chi connectivity index (χ0) is 28.8. The van der Waals surface area contributed by atoms with Crippen LogP contribution in [-0.2, 0) is 9.53 Å². The Bertz CT molecular complexity index is 1480. The summed E-state index contributed by atoms with van der Waals surface area (Å²) in [5.74, 6) is 1.39. The van der Waals surface area contributed by atoms with Crippen molar-refractivity contribution in [2.45, 2.75) is 18.9 Å². The summed E-state index contributed by atoms with van der Waals surface area (Å²) in [6.07, 6.45) is 6.70. The van der Waals surface area contributed by atoms with Crippen molar-refractivity contribution in [2.75, 3.05) is 39.3 Å². The van der Waals surface area contributed by atoms with Crippen LogP contribution in [0.2, 0.25) is 0 Å². The fourth-order valence-corrected chi connectivity index (χ4v) is 4.99. The Hall–Kier alpha value is -4.93. The summed E-state index contributed by atoms with van der Waals surface area (Å²) in [6.45, 7) is 1.32. The molecule has 0 spiro atoms. The molecule has 5 rings (SSSR count). The van der Waals surface area contributed by atoms with E-state index in [4.69, 9.17) is 19.2 Å². The molecule has 3 heterocycles. The zero-order valence-corrected chi connectivity index (χ0v) is 23.2. The van der Waals surface area contributed by atoms with Crippen molar-refractivity contribution in [1.29, 1.82) is 0 Å². The van der Waals surface area contributed by atoms with Gasteiger partial charge in [0.1, 0.15) is 23.4 Å². The second-order valence-corrected chi connectivity index (χ2v) is 9.64. The largest absolute Gasteiger partial charge is 0.497 e. The lowest BCUT2D eigenvalue weighted by atomic mass is 9.89. The third-order valence-electron chi connectivity index (χ3n) is 7.20. The Balaban J connectivity index is 1.28. The highest BCUT2D eigenvalue weighted by Gasteiger charge is 2.34. The number of carbonyl (C=O) groups excluding carboxylic acids is 2. The fraction of sp³-hybridized carbons (Fsp3) is 0.300. The second-order valence-electron chi connectivity index (χ2n) is 9.64. The van der Waals surface area contributed by atoms with Crippen LogP contribution in [0.1, 0.15) is 23.2 Å². The standard InChI is InChI=1S/C30H32N6O5/c1-39-24-17-22(18-25(19-24)40-2)29(37)34-27(30(38)41-3)20-9-14-35(15-10-20)26-8-12-31-28(33-26)21-6-4-7-23(16-21)36-13-5-11-32-36/h4-8,11-13,16-20,27H,9-10,14-15H2,1-3H3,(H,34,37). The molecule has 2 aromatic heterocycles. The van der Waals surface area contributed by atoms with Gasteiger partial charge in [-0.05, 0) is 55.2 Å². The molecule has 2 aromatic carbocycles. The lowest BCUT2D eigenvalue weighted by molar-refractivity contribution is -0.144. The molecule has 11 nitrogen and oxygen atoms in total. The highest BCUT2D eigenvalue weighted by molar-refractivity contribution is 5.97. The fourth-order valence-electron chi connectivity index (χ4n) is 4.99. The maximum Gasteiger partial charge on any atom is 0.328 e. The lowest BCUT2D eigenvalue weighted by Crippen LogP contribution is -2.50. The molecule has 41 heavy (non-hydrogen) atoms. The Morgan fingerprint density at radius 1 is 0.951 bits per heavy atom. The van der Waals surface area contributed by atoms with Crippen LogP contribution in [0, 0.1) is 5.92 Å². The maximum atomic E-state index is 13.1. The average molecular weight is 557 g/mol. The lowest BCUT2D eigenvalue weighted by Gasteiger charge is -2.36. The maximum absolute atomic E-state index is 13.1. The molecule has 1 N–H and O–H groups in total. The number of rotatable bonds is 9. The number of methoxy groups -OCH3 is 3. The molecule has 4 aromatic rings. The van der Waals surface area contributed by atoms with Crippen molar-refractivity contribution in [3.05, 3.63) is 78.8 Å². The smallest absolute Gasteiger partial charge is 0.328 e. The molecular weight excluding hydrogens is 524 g/mol. The molecule has 1 fully saturated rings. The van der Waals surface area contributed by atoms with Crippen LogP contribution in [0.3, 0.4) is 0 Å². The van der Waals surface area contributed by atoms with Crippen LogP contribution in [0.5, 0.6) is 11.5 Å². The summed E-state index contributed by atoms with van der Waals surface area (Å²) in [6, 6.07) is 15.8. The van der Waals surface area contributed by atoms with Crippen LogP contribution in [0.25, 0.3) is 17.1 Å². The highest BCUT2D eigenvalue weighted by Crippen LogP contribution is 2.28. The third kappa shape index (κ3) is 6.29. The minimum atomic E-state index is -0.794. The molecule has 1 amide bonds. The molecule has 1 aliphatic rings. The van der Waals surface area contributed by atoms with Gasteiger partial charge in [0, 0.05) is 48.9 Å². The van der Waals surface area contributed by atoms with Gasteiger partial charge in [0.15, 0.2) is 5.82 Å². The van der Waals surface area contributed by atoms with E-state index in [0.717, 1.165) is 17.1 Å². The molecule has 0 bridgehead atoms. The van der Waals surface area contributed by atoms with Gasteiger partial charge in [-0.3, -0.25) is 4.79 Å². The Morgan fingerprint density at radius 3 is 2.37 bits per heavy atom. The first kappa shape index (κ1) is 27.6. The number of hydrogen-bond donors (Lipinski definition) is 1. The van der Waals surface area contributed by atoms with Gasteiger partial charge in [-0.2, -0.15) is 5.10 Å². The van der Waals surface area contributed by atoms with Gasteiger partial charge in [-0.25, -0.2) is 19.4 Å². The molecule has 0 radical (unpaired) electrons. The first-order valence-electron chi connectivity index (χ1n) is 13.3. The van der Waals surface area contributed by atoms with Gasteiger partial charge in [-0.1, -0.05) is 12.1 Å². The van der Waals surface area contributed by atoms with Crippen molar-refractivity contribution in [3.8, 4) is 28.6 Å². The normalized spacial score (nSPS) is 14.3. The predicted octanol–water partition coefficient (Wildman–Crippen LogP) is 3.53. The Labute approximate surface area is 238 Å². The van der Waals surface area contributed by atoms with Crippen molar-refractivity contribution in [2.24, 2.45) is 5.92 Å². The number of carbonyl (C=O) groups is 2. The van der Waals surface area contributed by atoms with Crippen molar-refractivity contribution in [1.82, 2.24) is 25.1 Å². The van der Waals surface area contributed by atoms with Gasteiger partial charge in [-0.15, -0.1) is 0 Å². The summed E-state index contributed by atoms with van der Waals surface area (Å²) >= 11 is 0.